The zero-order valence-corrected chi connectivity index (χ0v) is 18.1. The van der Waals surface area contributed by atoms with Crippen molar-refractivity contribution in [3.63, 3.8) is 0 Å². The van der Waals surface area contributed by atoms with Gasteiger partial charge in [-0.15, -0.1) is 11.8 Å². The van der Waals surface area contributed by atoms with Crippen LogP contribution in [0.15, 0.2) is 42.9 Å². The standard InChI is InChI=1S/C22H26N6OS/c1-15(2)19-7-8-20(30-19)18-13-23-21(22-24-14-25-28(18)22)26-16-3-5-17(6-4-16)27-9-11-29-12-10-27/h3-6,8,13-15,19H,7,9-12H2,1-2H3,(H,23,26). The Morgan fingerprint density at radius 3 is 2.67 bits per heavy atom. The highest BCUT2D eigenvalue weighted by Crippen LogP contribution is 2.42. The molecule has 7 nitrogen and oxygen atoms in total. The van der Waals surface area contributed by atoms with Gasteiger partial charge in [-0.3, -0.25) is 0 Å². The van der Waals surface area contributed by atoms with Gasteiger partial charge in [-0.25, -0.2) is 14.5 Å². The number of nitrogens with one attached hydrogen (secondary N) is 1. The van der Waals surface area contributed by atoms with Gasteiger partial charge in [0.25, 0.3) is 0 Å². The smallest absolute Gasteiger partial charge is 0.199 e. The Morgan fingerprint density at radius 2 is 1.93 bits per heavy atom. The number of aromatic nitrogens is 4. The number of hydrogen-bond acceptors (Lipinski definition) is 7. The average Bonchev–Trinajstić information content (AvgIpc) is 3.46. The summed E-state index contributed by atoms with van der Waals surface area (Å²) >= 11 is 1.91. The number of nitrogens with zero attached hydrogens (tertiary/aromatic N) is 5. The second-order valence-electron chi connectivity index (χ2n) is 7.96. The lowest BCUT2D eigenvalue weighted by molar-refractivity contribution is 0.122. The van der Waals surface area contributed by atoms with Gasteiger partial charge in [0.15, 0.2) is 11.5 Å². The molecule has 3 aromatic rings. The maximum atomic E-state index is 5.44. The van der Waals surface area contributed by atoms with E-state index in [-0.39, 0.29) is 0 Å². The van der Waals surface area contributed by atoms with Gasteiger partial charge in [0, 0.05) is 34.6 Å². The highest BCUT2D eigenvalue weighted by molar-refractivity contribution is 8.09. The van der Waals surface area contributed by atoms with Gasteiger partial charge in [-0.2, -0.15) is 5.10 Å². The van der Waals surface area contributed by atoms with Crippen molar-refractivity contribution < 1.29 is 4.74 Å². The maximum Gasteiger partial charge on any atom is 0.199 e. The van der Waals surface area contributed by atoms with Crippen LogP contribution in [0.2, 0.25) is 0 Å². The lowest BCUT2D eigenvalue weighted by Crippen LogP contribution is -2.36. The molecule has 1 fully saturated rings. The molecule has 156 valence electrons. The fourth-order valence-corrected chi connectivity index (χ4v) is 5.09. The predicted molar refractivity (Wildman–Crippen MR) is 122 cm³/mol. The molecule has 1 unspecified atom stereocenters. The molecule has 2 aliphatic rings. The van der Waals surface area contributed by atoms with Crippen LogP contribution in [0.4, 0.5) is 17.2 Å². The van der Waals surface area contributed by atoms with Gasteiger partial charge in [0.2, 0.25) is 0 Å². The summed E-state index contributed by atoms with van der Waals surface area (Å²) in [5, 5.41) is 8.48. The molecule has 5 rings (SSSR count). The van der Waals surface area contributed by atoms with Gasteiger partial charge >= 0.3 is 0 Å². The van der Waals surface area contributed by atoms with Crippen LogP contribution in [0, 0.1) is 5.92 Å². The van der Waals surface area contributed by atoms with Crippen molar-refractivity contribution >= 4 is 39.5 Å². The quantitative estimate of drug-likeness (QED) is 0.661. The summed E-state index contributed by atoms with van der Waals surface area (Å²) in [6, 6.07) is 8.43. The van der Waals surface area contributed by atoms with Crippen molar-refractivity contribution in [1.82, 2.24) is 19.6 Å². The van der Waals surface area contributed by atoms with Crippen LogP contribution < -0.4 is 10.2 Å². The van der Waals surface area contributed by atoms with Gasteiger partial charge in [-0.05, 0) is 36.6 Å². The first-order valence-electron chi connectivity index (χ1n) is 10.4. The maximum absolute atomic E-state index is 5.44. The third kappa shape index (κ3) is 3.77. The van der Waals surface area contributed by atoms with E-state index in [9.17, 15) is 0 Å². The SMILES string of the molecule is CC(C)C1CC=C(c2cnc(Nc3ccc(N4CCOCC4)cc3)c3ncnn23)S1. The lowest BCUT2D eigenvalue weighted by atomic mass is 10.1. The first kappa shape index (κ1) is 19.4. The summed E-state index contributed by atoms with van der Waals surface area (Å²) in [4.78, 5) is 12.7. The van der Waals surface area contributed by atoms with E-state index in [1.54, 1.807) is 6.33 Å². The highest BCUT2D eigenvalue weighted by Gasteiger charge is 2.24. The number of rotatable bonds is 5. The second kappa shape index (κ2) is 8.28. The molecular formula is C22H26N6OS. The van der Waals surface area contributed by atoms with Crippen LogP contribution in [0.5, 0.6) is 0 Å². The number of ether oxygens (including phenoxy) is 1. The third-order valence-corrected chi connectivity index (χ3v) is 7.29. The Balaban J connectivity index is 1.36. The van der Waals surface area contributed by atoms with Crippen molar-refractivity contribution in [2.24, 2.45) is 5.92 Å². The molecule has 1 atom stereocenters. The Morgan fingerprint density at radius 1 is 1.13 bits per heavy atom. The van der Waals surface area contributed by atoms with E-state index in [2.05, 4.69) is 69.5 Å². The molecule has 1 saturated heterocycles. The summed E-state index contributed by atoms with van der Waals surface area (Å²) < 4.78 is 7.33. The average molecular weight is 423 g/mol. The molecule has 1 aromatic carbocycles. The first-order chi connectivity index (χ1) is 14.7. The molecule has 0 radical (unpaired) electrons. The topological polar surface area (TPSA) is 67.6 Å². The molecule has 4 heterocycles. The molecule has 0 amide bonds. The van der Waals surface area contributed by atoms with Crippen molar-refractivity contribution in [2.75, 3.05) is 36.5 Å². The van der Waals surface area contributed by atoms with E-state index in [1.807, 2.05) is 22.5 Å². The van der Waals surface area contributed by atoms with E-state index in [1.165, 1.54) is 10.6 Å². The number of fused-ring (bicyclic) bond motifs is 1. The monoisotopic (exact) mass is 422 g/mol. The van der Waals surface area contributed by atoms with Crippen LogP contribution in [-0.4, -0.2) is 51.1 Å². The van der Waals surface area contributed by atoms with Gasteiger partial charge in [-0.1, -0.05) is 19.9 Å². The van der Waals surface area contributed by atoms with E-state index in [0.29, 0.717) is 17.0 Å². The summed E-state index contributed by atoms with van der Waals surface area (Å²) in [5.74, 6) is 1.35. The summed E-state index contributed by atoms with van der Waals surface area (Å²) in [6.45, 7) is 7.98. The lowest BCUT2D eigenvalue weighted by Gasteiger charge is -2.28. The van der Waals surface area contributed by atoms with Gasteiger partial charge in [0.05, 0.1) is 25.1 Å². The van der Waals surface area contributed by atoms with Crippen molar-refractivity contribution in [2.45, 2.75) is 25.5 Å². The molecule has 0 bridgehead atoms. The van der Waals surface area contributed by atoms with Crippen molar-refractivity contribution in [1.29, 1.82) is 0 Å². The fourth-order valence-electron chi connectivity index (χ4n) is 3.84. The molecular weight excluding hydrogens is 396 g/mol. The van der Waals surface area contributed by atoms with Gasteiger partial charge < -0.3 is 15.0 Å². The van der Waals surface area contributed by atoms with E-state index in [4.69, 9.17) is 4.74 Å². The van der Waals surface area contributed by atoms with Crippen LogP contribution in [-0.2, 0) is 4.74 Å². The van der Waals surface area contributed by atoms with E-state index < -0.39 is 0 Å². The third-order valence-electron chi connectivity index (χ3n) is 5.62. The van der Waals surface area contributed by atoms with Crippen molar-refractivity contribution in [3.05, 3.63) is 48.6 Å². The molecule has 1 N–H and O–H groups in total. The normalized spacial score (nSPS) is 19.5. The molecule has 0 saturated carbocycles. The largest absolute Gasteiger partial charge is 0.378 e. The minimum atomic E-state index is 0.612. The number of morpholine rings is 1. The van der Waals surface area contributed by atoms with E-state index >= 15 is 0 Å². The highest BCUT2D eigenvalue weighted by atomic mass is 32.2. The van der Waals surface area contributed by atoms with Crippen LogP contribution in [0.25, 0.3) is 10.6 Å². The number of benzene rings is 1. The first-order valence-corrected chi connectivity index (χ1v) is 11.3. The molecule has 8 heteroatoms. The molecule has 2 aliphatic heterocycles. The molecule has 0 spiro atoms. The summed E-state index contributed by atoms with van der Waals surface area (Å²) in [5.41, 5.74) is 3.93. The molecule has 0 aliphatic carbocycles. The second-order valence-corrected chi connectivity index (χ2v) is 9.24. The summed E-state index contributed by atoms with van der Waals surface area (Å²) in [6.07, 6.45) is 6.87. The van der Waals surface area contributed by atoms with Crippen molar-refractivity contribution in [3.8, 4) is 0 Å². The predicted octanol–water partition coefficient (Wildman–Crippen LogP) is 4.21. The number of allylic oxidation sites excluding steroid dienone is 1. The number of thioether (sulfide) groups is 1. The minimum absolute atomic E-state index is 0.612. The molecule has 2 aromatic heterocycles. The van der Waals surface area contributed by atoms with Crippen LogP contribution in [0.1, 0.15) is 26.0 Å². The Kier molecular flexibility index (Phi) is 5.35. The fraction of sp³-hybridized carbons (Fsp3) is 0.409. The zero-order valence-electron chi connectivity index (χ0n) is 17.3. The van der Waals surface area contributed by atoms with Crippen LogP contribution >= 0.6 is 11.8 Å². The Bertz CT molecular complexity index is 1060. The minimum Gasteiger partial charge on any atom is -0.378 e. The summed E-state index contributed by atoms with van der Waals surface area (Å²) in [7, 11) is 0. The molecule has 30 heavy (non-hydrogen) atoms. The number of hydrogen-bond donors (Lipinski definition) is 1. The zero-order chi connectivity index (χ0) is 20.5. The number of anilines is 3. The van der Waals surface area contributed by atoms with E-state index in [0.717, 1.165) is 49.8 Å². The Hall–Kier alpha value is -2.58. The van der Waals surface area contributed by atoms with Crippen LogP contribution in [0.3, 0.4) is 0 Å². The Labute approximate surface area is 180 Å². The van der Waals surface area contributed by atoms with Gasteiger partial charge in [0.1, 0.15) is 6.33 Å².